The average molecular weight is 387 g/mol. The minimum atomic E-state index is -0.303. The van der Waals surface area contributed by atoms with Gasteiger partial charge in [0.1, 0.15) is 17.4 Å². The Kier molecular flexibility index (Phi) is 12.5. The fourth-order valence-electron chi connectivity index (χ4n) is 2.93. The van der Waals surface area contributed by atoms with Gasteiger partial charge in [0.2, 0.25) is 0 Å². The van der Waals surface area contributed by atoms with E-state index in [2.05, 4.69) is 12.2 Å². The number of amides is 1. The molecule has 0 aliphatic heterocycles. The Morgan fingerprint density at radius 3 is 2.21 bits per heavy atom. The van der Waals surface area contributed by atoms with Gasteiger partial charge >= 0.3 is 0 Å². The molecule has 1 N–H and O–H groups in total. The third kappa shape index (κ3) is 9.05. The van der Waals surface area contributed by atoms with Crippen molar-refractivity contribution in [2.75, 3.05) is 20.4 Å². The lowest BCUT2D eigenvalue weighted by Gasteiger charge is -2.09. The van der Waals surface area contributed by atoms with Crippen molar-refractivity contribution in [3.8, 4) is 11.8 Å². The van der Waals surface area contributed by atoms with Crippen molar-refractivity contribution >= 4 is 11.5 Å². The average Bonchev–Trinajstić information content (AvgIpc) is 2.71. The van der Waals surface area contributed by atoms with E-state index in [1.807, 2.05) is 18.2 Å². The molecular weight excluding hydrogens is 352 g/mol. The molecule has 5 heteroatoms. The molecule has 0 fully saturated rings. The van der Waals surface area contributed by atoms with Crippen molar-refractivity contribution in [1.82, 2.24) is 5.32 Å². The normalized spacial score (nSPS) is 11.5. The number of nitrogens with zero attached hydrogens (tertiary/aromatic N) is 1. The molecule has 0 saturated carbocycles. The molecule has 0 aromatic heterocycles. The summed E-state index contributed by atoms with van der Waals surface area (Å²) in [5.74, 6) is 0.374. The molecule has 154 valence electrons. The minimum absolute atomic E-state index is 0.158. The molecule has 0 aliphatic rings. The van der Waals surface area contributed by atoms with Gasteiger partial charge < -0.3 is 14.8 Å². The molecule has 0 heterocycles. The maximum absolute atomic E-state index is 12.4. The number of hydrogen-bond acceptors (Lipinski definition) is 4. The first kappa shape index (κ1) is 23.7. The summed E-state index contributed by atoms with van der Waals surface area (Å²) in [5, 5.41) is 12.3. The van der Waals surface area contributed by atoms with Crippen LogP contribution in [-0.4, -0.2) is 26.4 Å². The van der Waals surface area contributed by atoms with E-state index in [0.29, 0.717) is 17.9 Å². The summed E-state index contributed by atoms with van der Waals surface area (Å²) in [5.41, 5.74) is 1.64. The standard InChI is InChI=1S/C23H34N2O3/c1-4-5-6-7-8-9-10-11-16-25-23(26)22(17-24)19(2)20-12-14-21(15-13-20)28-18-27-3/h12-15H,4-11,16,18H2,1-3H3,(H,25,26)/b22-19+. The quantitative estimate of drug-likeness (QED) is 0.206. The van der Waals surface area contributed by atoms with Crippen LogP contribution in [0.25, 0.3) is 5.57 Å². The van der Waals surface area contributed by atoms with Gasteiger partial charge in [0.05, 0.1) is 0 Å². The van der Waals surface area contributed by atoms with E-state index in [0.717, 1.165) is 18.4 Å². The lowest BCUT2D eigenvalue weighted by atomic mass is 10.0. The van der Waals surface area contributed by atoms with Gasteiger partial charge in [0, 0.05) is 13.7 Å². The lowest BCUT2D eigenvalue weighted by molar-refractivity contribution is -0.117. The maximum Gasteiger partial charge on any atom is 0.262 e. The summed E-state index contributed by atoms with van der Waals surface area (Å²) in [4.78, 5) is 12.4. The van der Waals surface area contributed by atoms with Crippen molar-refractivity contribution in [2.45, 2.75) is 65.2 Å². The SMILES string of the molecule is CCCCCCCCCCNC(=O)/C(C#N)=C(\C)c1ccc(OCOC)cc1. The second kappa shape index (κ2) is 14.7. The second-order valence-corrected chi connectivity index (χ2v) is 6.92. The van der Waals surface area contributed by atoms with Gasteiger partial charge in [-0.1, -0.05) is 64.0 Å². The number of carbonyl (C=O) groups is 1. The lowest BCUT2D eigenvalue weighted by Crippen LogP contribution is -2.26. The molecule has 0 unspecified atom stereocenters. The zero-order valence-electron chi connectivity index (χ0n) is 17.6. The molecule has 0 bridgehead atoms. The predicted octanol–water partition coefficient (Wildman–Crippen LogP) is 5.22. The Morgan fingerprint density at radius 1 is 1.04 bits per heavy atom. The number of hydrogen-bond donors (Lipinski definition) is 1. The maximum atomic E-state index is 12.4. The van der Waals surface area contributed by atoms with Gasteiger partial charge in [0.25, 0.3) is 5.91 Å². The van der Waals surface area contributed by atoms with Crippen LogP contribution in [0.4, 0.5) is 0 Å². The molecule has 5 nitrogen and oxygen atoms in total. The highest BCUT2D eigenvalue weighted by atomic mass is 16.7. The summed E-state index contributed by atoms with van der Waals surface area (Å²) in [7, 11) is 1.56. The van der Waals surface area contributed by atoms with Crippen molar-refractivity contribution < 1.29 is 14.3 Å². The number of unbranched alkanes of at least 4 members (excludes halogenated alkanes) is 7. The Bertz CT molecular complexity index is 645. The summed E-state index contributed by atoms with van der Waals surface area (Å²) < 4.78 is 10.2. The number of benzene rings is 1. The van der Waals surface area contributed by atoms with E-state index in [9.17, 15) is 10.1 Å². The van der Waals surface area contributed by atoms with Gasteiger partial charge in [0.15, 0.2) is 6.79 Å². The number of nitriles is 1. The first-order valence-corrected chi connectivity index (χ1v) is 10.2. The molecule has 0 radical (unpaired) electrons. The topological polar surface area (TPSA) is 71.4 Å². The fourth-order valence-corrected chi connectivity index (χ4v) is 2.93. The molecule has 1 rings (SSSR count). The van der Waals surface area contributed by atoms with Crippen LogP contribution in [0, 0.1) is 11.3 Å². The van der Waals surface area contributed by atoms with Crippen LogP contribution in [0.5, 0.6) is 5.75 Å². The summed E-state index contributed by atoms with van der Waals surface area (Å²) in [6, 6.07) is 9.31. The zero-order valence-corrected chi connectivity index (χ0v) is 17.6. The van der Waals surface area contributed by atoms with Gasteiger partial charge in [-0.15, -0.1) is 0 Å². The predicted molar refractivity (Wildman–Crippen MR) is 113 cm³/mol. The molecule has 1 aromatic rings. The Hall–Kier alpha value is -2.32. The van der Waals surface area contributed by atoms with E-state index in [1.165, 1.54) is 38.5 Å². The number of nitrogens with one attached hydrogen (secondary N) is 1. The molecule has 1 amide bonds. The number of rotatable bonds is 14. The molecular formula is C23H34N2O3. The van der Waals surface area contributed by atoms with Crippen molar-refractivity contribution in [3.05, 3.63) is 35.4 Å². The van der Waals surface area contributed by atoms with Crippen molar-refractivity contribution in [3.63, 3.8) is 0 Å². The first-order chi connectivity index (χ1) is 13.6. The van der Waals surface area contributed by atoms with Crippen LogP contribution in [0.1, 0.15) is 70.8 Å². The highest BCUT2D eigenvalue weighted by molar-refractivity contribution is 6.04. The Labute approximate surface area is 169 Å². The monoisotopic (exact) mass is 386 g/mol. The smallest absolute Gasteiger partial charge is 0.262 e. The van der Waals surface area contributed by atoms with Gasteiger partial charge in [-0.05, 0) is 36.6 Å². The summed E-state index contributed by atoms with van der Waals surface area (Å²) in [6.07, 6.45) is 9.74. The summed E-state index contributed by atoms with van der Waals surface area (Å²) >= 11 is 0. The number of carbonyl (C=O) groups excluding carboxylic acids is 1. The number of methoxy groups -OCH3 is 1. The molecule has 0 atom stereocenters. The van der Waals surface area contributed by atoms with Crippen LogP contribution in [0.2, 0.25) is 0 Å². The first-order valence-electron chi connectivity index (χ1n) is 10.2. The largest absolute Gasteiger partial charge is 0.468 e. The second-order valence-electron chi connectivity index (χ2n) is 6.92. The number of allylic oxidation sites excluding steroid dienone is 1. The van der Waals surface area contributed by atoms with Crippen molar-refractivity contribution in [2.24, 2.45) is 0 Å². The Morgan fingerprint density at radius 2 is 1.64 bits per heavy atom. The fraction of sp³-hybridized carbons (Fsp3) is 0.565. The van der Waals surface area contributed by atoms with E-state index < -0.39 is 0 Å². The molecule has 0 saturated heterocycles. The van der Waals surface area contributed by atoms with Crippen LogP contribution in [0.15, 0.2) is 29.8 Å². The van der Waals surface area contributed by atoms with Gasteiger partial charge in [-0.3, -0.25) is 4.79 Å². The van der Waals surface area contributed by atoms with E-state index in [-0.39, 0.29) is 18.3 Å². The van der Waals surface area contributed by atoms with Crippen LogP contribution in [0.3, 0.4) is 0 Å². The third-order valence-corrected chi connectivity index (χ3v) is 4.66. The number of ether oxygens (including phenoxy) is 2. The van der Waals surface area contributed by atoms with Gasteiger partial charge in [-0.2, -0.15) is 5.26 Å². The van der Waals surface area contributed by atoms with Crippen molar-refractivity contribution in [1.29, 1.82) is 5.26 Å². The zero-order chi connectivity index (χ0) is 20.6. The van der Waals surface area contributed by atoms with Gasteiger partial charge in [-0.25, -0.2) is 0 Å². The summed E-state index contributed by atoms with van der Waals surface area (Å²) in [6.45, 7) is 4.80. The molecule has 0 spiro atoms. The van der Waals surface area contributed by atoms with Crippen LogP contribution >= 0.6 is 0 Å². The van der Waals surface area contributed by atoms with E-state index in [4.69, 9.17) is 9.47 Å². The van der Waals surface area contributed by atoms with E-state index >= 15 is 0 Å². The van der Waals surface area contributed by atoms with Crippen LogP contribution < -0.4 is 10.1 Å². The highest BCUT2D eigenvalue weighted by Crippen LogP contribution is 2.21. The molecule has 0 aliphatic carbocycles. The minimum Gasteiger partial charge on any atom is -0.468 e. The highest BCUT2D eigenvalue weighted by Gasteiger charge is 2.13. The molecule has 1 aromatic carbocycles. The third-order valence-electron chi connectivity index (χ3n) is 4.66. The molecule has 28 heavy (non-hydrogen) atoms. The van der Waals surface area contributed by atoms with E-state index in [1.54, 1.807) is 26.2 Å². The van der Waals surface area contributed by atoms with Crippen LogP contribution in [-0.2, 0) is 9.53 Å². The Balaban J connectivity index is 2.45.